The fourth-order valence-corrected chi connectivity index (χ4v) is 1.02. The Hall–Kier alpha value is -0.720. The highest BCUT2D eigenvalue weighted by Gasteiger charge is 1.79. The van der Waals surface area contributed by atoms with E-state index in [4.69, 9.17) is 6.42 Å². The lowest BCUT2D eigenvalue weighted by Crippen LogP contribution is -1.91. The molecule has 0 aliphatic rings. The second-order valence-corrected chi connectivity index (χ2v) is 3.01. The van der Waals surface area contributed by atoms with E-state index in [1.54, 1.807) is 23.4 Å². The molecule has 0 rings (SSSR count). The Morgan fingerprint density at radius 1 is 1.42 bits per heavy atom. The zero-order valence-corrected chi connectivity index (χ0v) is 8.33. The number of thiocarbonyl (C=S) groups is 1. The van der Waals surface area contributed by atoms with Gasteiger partial charge >= 0.3 is 0 Å². The van der Waals surface area contributed by atoms with Crippen molar-refractivity contribution >= 4 is 29.5 Å². The Kier molecular flexibility index (Phi) is 9.66. The van der Waals surface area contributed by atoms with E-state index in [1.165, 1.54) is 0 Å². The molecule has 0 spiro atoms. The van der Waals surface area contributed by atoms with E-state index in [9.17, 15) is 0 Å². The van der Waals surface area contributed by atoms with Gasteiger partial charge < -0.3 is 4.72 Å². The van der Waals surface area contributed by atoms with Crippen LogP contribution in [-0.2, 0) is 0 Å². The summed E-state index contributed by atoms with van der Waals surface area (Å²) in [6.07, 6.45) is 13.2. The van der Waals surface area contributed by atoms with Crippen LogP contribution >= 0.6 is 24.2 Å². The minimum absolute atomic E-state index is 0.793. The number of hydrogen-bond donors (Lipinski definition) is 1. The van der Waals surface area contributed by atoms with Crippen molar-refractivity contribution in [3.05, 3.63) is 24.4 Å². The van der Waals surface area contributed by atoms with Crippen molar-refractivity contribution in [3.8, 4) is 12.3 Å². The van der Waals surface area contributed by atoms with Crippen LogP contribution in [0.25, 0.3) is 0 Å². The average molecular weight is 197 g/mol. The number of hydrogen-bond acceptors (Lipinski definition) is 3. The van der Waals surface area contributed by atoms with E-state index in [0.717, 1.165) is 12.2 Å². The number of nitrogens with one attached hydrogen (secondary N) is 1. The highest BCUT2D eigenvalue weighted by molar-refractivity contribution is 7.97. The fraction of sp³-hybridized carbons (Fsp3) is 0.222. The van der Waals surface area contributed by atoms with Gasteiger partial charge in [-0.3, -0.25) is 0 Å². The third-order valence-electron chi connectivity index (χ3n) is 0.897. The highest BCUT2D eigenvalue weighted by atomic mass is 32.2. The SMILES string of the molecule is C#CCCSNC=CC=CC=S. The van der Waals surface area contributed by atoms with E-state index in [2.05, 4.69) is 22.9 Å². The van der Waals surface area contributed by atoms with Crippen molar-refractivity contribution in [1.82, 2.24) is 4.72 Å². The summed E-state index contributed by atoms with van der Waals surface area (Å²) in [5, 5.41) is 1.57. The van der Waals surface area contributed by atoms with Gasteiger partial charge in [-0.25, -0.2) is 0 Å². The fourth-order valence-electron chi connectivity index (χ4n) is 0.421. The predicted molar refractivity (Wildman–Crippen MR) is 61.0 cm³/mol. The molecule has 0 saturated heterocycles. The molecule has 12 heavy (non-hydrogen) atoms. The molecule has 0 fully saturated rings. The first kappa shape index (κ1) is 11.3. The first-order chi connectivity index (χ1) is 5.91. The summed E-state index contributed by atoms with van der Waals surface area (Å²) in [4.78, 5) is 0. The summed E-state index contributed by atoms with van der Waals surface area (Å²) < 4.78 is 3.02. The zero-order valence-electron chi connectivity index (χ0n) is 6.69. The van der Waals surface area contributed by atoms with Crippen molar-refractivity contribution in [2.75, 3.05) is 5.75 Å². The van der Waals surface area contributed by atoms with Gasteiger partial charge in [-0.1, -0.05) is 36.3 Å². The largest absolute Gasteiger partial charge is 0.337 e. The second kappa shape index (κ2) is 10.3. The minimum Gasteiger partial charge on any atom is -0.337 e. The molecule has 0 aromatic carbocycles. The maximum atomic E-state index is 5.07. The Morgan fingerprint density at radius 2 is 2.25 bits per heavy atom. The average Bonchev–Trinajstić information content (AvgIpc) is 2.10. The molecule has 0 aliphatic heterocycles. The first-order valence-corrected chi connectivity index (χ1v) is 4.95. The molecule has 1 nitrogen and oxygen atoms in total. The molecule has 64 valence electrons. The van der Waals surface area contributed by atoms with Crippen LogP contribution in [0.3, 0.4) is 0 Å². The Labute approximate surface area is 83.4 Å². The number of allylic oxidation sites excluding steroid dienone is 3. The summed E-state index contributed by atoms with van der Waals surface area (Å²) in [6.45, 7) is 0. The lowest BCUT2D eigenvalue weighted by molar-refractivity contribution is 1.27. The van der Waals surface area contributed by atoms with Crippen LogP contribution in [-0.4, -0.2) is 11.1 Å². The molecule has 1 N–H and O–H groups in total. The van der Waals surface area contributed by atoms with Crippen molar-refractivity contribution in [2.45, 2.75) is 6.42 Å². The molecule has 3 heteroatoms. The molecule has 0 aromatic rings. The molecule has 0 unspecified atom stereocenters. The van der Waals surface area contributed by atoms with Crippen LogP contribution in [0.2, 0.25) is 0 Å². The molecular formula is C9H11NS2. The Morgan fingerprint density at radius 3 is 2.92 bits per heavy atom. The summed E-state index contributed by atoms with van der Waals surface area (Å²) >= 11 is 6.18. The third-order valence-corrected chi connectivity index (χ3v) is 1.76. The standard InChI is InChI=1S/C9H11NS2/c1-2-3-9-12-10-7-5-4-6-8-11/h1,4-8,10H,3,9H2. The molecule has 0 amide bonds. The predicted octanol–water partition coefficient (Wildman–Crippen LogP) is 2.32. The summed E-state index contributed by atoms with van der Waals surface area (Å²) in [7, 11) is 0. The first-order valence-electron chi connectivity index (χ1n) is 3.49. The smallest absolute Gasteiger partial charge is 0.0241 e. The van der Waals surface area contributed by atoms with Crippen molar-refractivity contribution < 1.29 is 0 Å². The monoisotopic (exact) mass is 197 g/mol. The van der Waals surface area contributed by atoms with Gasteiger partial charge in [0.05, 0.1) is 0 Å². The van der Waals surface area contributed by atoms with Gasteiger partial charge in [0, 0.05) is 23.7 Å². The van der Waals surface area contributed by atoms with Crippen LogP contribution in [0.1, 0.15) is 6.42 Å². The van der Waals surface area contributed by atoms with Gasteiger partial charge in [0.15, 0.2) is 0 Å². The molecule has 0 bridgehead atoms. The quantitative estimate of drug-likeness (QED) is 0.175. The lowest BCUT2D eigenvalue weighted by Gasteiger charge is -1.93. The Bertz CT molecular complexity index is 201. The second-order valence-electron chi connectivity index (χ2n) is 1.80. The van der Waals surface area contributed by atoms with Gasteiger partial charge in [-0.2, -0.15) is 0 Å². The van der Waals surface area contributed by atoms with Crippen molar-refractivity contribution in [3.63, 3.8) is 0 Å². The minimum atomic E-state index is 0.793. The highest BCUT2D eigenvalue weighted by Crippen LogP contribution is 1.94. The van der Waals surface area contributed by atoms with Crippen LogP contribution in [0.4, 0.5) is 0 Å². The maximum absolute atomic E-state index is 5.07. The topological polar surface area (TPSA) is 12.0 Å². The molecule has 0 aliphatic carbocycles. The number of rotatable bonds is 6. The van der Waals surface area contributed by atoms with Crippen LogP contribution < -0.4 is 4.72 Å². The van der Waals surface area contributed by atoms with E-state index in [1.807, 2.05) is 18.4 Å². The summed E-state index contributed by atoms with van der Waals surface area (Å²) in [5.41, 5.74) is 0. The van der Waals surface area contributed by atoms with Crippen LogP contribution in [0.5, 0.6) is 0 Å². The van der Waals surface area contributed by atoms with E-state index in [0.29, 0.717) is 0 Å². The molecule has 0 radical (unpaired) electrons. The normalized spacial score (nSPS) is 10.2. The third kappa shape index (κ3) is 9.28. The van der Waals surface area contributed by atoms with Crippen LogP contribution in [0.15, 0.2) is 24.4 Å². The van der Waals surface area contributed by atoms with Gasteiger partial charge in [0.2, 0.25) is 0 Å². The zero-order chi connectivity index (χ0) is 9.07. The van der Waals surface area contributed by atoms with Gasteiger partial charge in [-0.15, -0.1) is 12.3 Å². The van der Waals surface area contributed by atoms with E-state index >= 15 is 0 Å². The summed E-state index contributed by atoms with van der Waals surface area (Å²) in [5.74, 6) is 3.49. The van der Waals surface area contributed by atoms with E-state index < -0.39 is 0 Å². The number of terminal acetylenes is 1. The van der Waals surface area contributed by atoms with Crippen LogP contribution in [0, 0.1) is 12.3 Å². The van der Waals surface area contributed by atoms with Gasteiger partial charge in [-0.05, 0) is 6.08 Å². The lowest BCUT2D eigenvalue weighted by atomic mass is 10.5. The molecule has 0 aromatic heterocycles. The Balaban J connectivity index is 3.19. The van der Waals surface area contributed by atoms with Crippen molar-refractivity contribution in [2.24, 2.45) is 0 Å². The molecular weight excluding hydrogens is 186 g/mol. The van der Waals surface area contributed by atoms with Gasteiger partial charge in [0.25, 0.3) is 0 Å². The molecule has 0 saturated carbocycles. The summed E-state index contributed by atoms with van der Waals surface area (Å²) in [6, 6.07) is 0. The van der Waals surface area contributed by atoms with Crippen molar-refractivity contribution in [1.29, 1.82) is 0 Å². The molecule has 0 atom stereocenters. The van der Waals surface area contributed by atoms with E-state index in [-0.39, 0.29) is 0 Å². The van der Waals surface area contributed by atoms with Gasteiger partial charge in [0.1, 0.15) is 0 Å². The maximum Gasteiger partial charge on any atom is 0.0241 e. The molecule has 0 heterocycles.